The van der Waals surface area contributed by atoms with Crippen molar-refractivity contribution < 1.29 is 9.18 Å². The number of benzene rings is 2. The molecule has 1 unspecified atom stereocenters. The highest BCUT2D eigenvalue weighted by Crippen LogP contribution is 2.37. The summed E-state index contributed by atoms with van der Waals surface area (Å²) in [6, 6.07) is 9.78. The smallest absolute Gasteiger partial charge is 0.233 e. The van der Waals surface area contributed by atoms with Crippen molar-refractivity contribution in [2.45, 2.75) is 38.0 Å². The van der Waals surface area contributed by atoms with Gasteiger partial charge in [0.15, 0.2) is 5.13 Å². The predicted molar refractivity (Wildman–Crippen MR) is 114 cm³/mol. The molecule has 0 saturated heterocycles. The van der Waals surface area contributed by atoms with Crippen LogP contribution in [0.25, 0.3) is 10.2 Å². The highest BCUT2D eigenvalue weighted by atomic mass is 35.5. The van der Waals surface area contributed by atoms with Crippen molar-refractivity contribution in [2.75, 3.05) is 5.32 Å². The third-order valence-corrected chi connectivity index (χ3v) is 6.96. The molecule has 0 spiro atoms. The number of carbonyl (C=O) groups is 1. The number of rotatable bonds is 5. The monoisotopic (exact) mass is 436 g/mol. The van der Waals surface area contributed by atoms with Gasteiger partial charge in [0.2, 0.25) is 5.91 Å². The van der Waals surface area contributed by atoms with Gasteiger partial charge < -0.3 is 5.32 Å². The lowest BCUT2D eigenvalue weighted by Crippen LogP contribution is -2.23. The number of thiazole rings is 1. The molecule has 3 nitrogen and oxygen atoms in total. The standard InChI is InChI=1S/C21H19Cl2FN2OS/c22-16-7-5-13(10-17(16)23)15(9-12-3-1-2-4-12)20(27)26-21-25-18-8-6-14(24)11-19(18)28-21/h5-8,10-12,15H,1-4,9H2,(H,25,26,27). The number of carbonyl (C=O) groups excluding carboxylic acids is 1. The molecule has 4 rings (SSSR count). The summed E-state index contributed by atoms with van der Waals surface area (Å²) in [6.07, 6.45) is 5.48. The Kier molecular flexibility index (Phi) is 5.85. The van der Waals surface area contributed by atoms with E-state index in [0.29, 0.717) is 31.3 Å². The molecule has 1 heterocycles. The fraction of sp³-hybridized carbons (Fsp3) is 0.333. The van der Waals surface area contributed by atoms with Crippen LogP contribution in [-0.2, 0) is 4.79 Å². The van der Waals surface area contributed by atoms with Crippen LogP contribution in [0.5, 0.6) is 0 Å². The van der Waals surface area contributed by atoms with Gasteiger partial charge in [-0.1, -0.05) is 66.3 Å². The van der Waals surface area contributed by atoms with Crippen LogP contribution in [0.3, 0.4) is 0 Å². The zero-order chi connectivity index (χ0) is 19.7. The Labute approximate surface area is 176 Å². The Balaban J connectivity index is 1.59. The molecule has 1 fully saturated rings. The molecule has 1 aromatic heterocycles. The van der Waals surface area contributed by atoms with Crippen LogP contribution in [0.1, 0.15) is 43.6 Å². The Bertz CT molecular complexity index is 1020. The molecule has 2 aromatic carbocycles. The Hall–Kier alpha value is -1.69. The van der Waals surface area contributed by atoms with Gasteiger partial charge in [-0.15, -0.1) is 0 Å². The van der Waals surface area contributed by atoms with E-state index in [-0.39, 0.29) is 17.6 Å². The van der Waals surface area contributed by atoms with E-state index >= 15 is 0 Å². The molecule has 3 aromatic rings. The molecule has 0 aliphatic heterocycles. The minimum atomic E-state index is -0.332. The first-order chi connectivity index (χ1) is 13.5. The minimum Gasteiger partial charge on any atom is -0.301 e. The van der Waals surface area contributed by atoms with Gasteiger partial charge in [-0.05, 0) is 48.2 Å². The van der Waals surface area contributed by atoms with Crippen LogP contribution in [0.2, 0.25) is 10.0 Å². The summed E-state index contributed by atoms with van der Waals surface area (Å²) in [7, 11) is 0. The van der Waals surface area contributed by atoms with Gasteiger partial charge in [-0.25, -0.2) is 9.37 Å². The van der Waals surface area contributed by atoms with Crippen molar-refractivity contribution in [3.8, 4) is 0 Å². The lowest BCUT2D eigenvalue weighted by atomic mass is 9.87. The first-order valence-corrected chi connectivity index (χ1v) is 10.9. The largest absolute Gasteiger partial charge is 0.301 e. The number of hydrogen-bond donors (Lipinski definition) is 1. The van der Waals surface area contributed by atoms with Gasteiger partial charge in [0, 0.05) is 0 Å². The van der Waals surface area contributed by atoms with Crippen molar-refractivity contribution in [1.29, 1.82) is 0 Å². The second kappa shape index (κ2) is 8.36. The van der Waals surface area contributed by atoms with Gasteiger partial charge in [-0.2, -0.15) is 0 Å². The van der Waals surface area contributed by atoms with Gasteiger partial charge in [0.1, 0.15) is 5.82 Å². The third kappa shape index (κ3) is 4.32. The molecule has 1 atom stereocenters. The van der Waals surface area contributed by atoms with Crippen LogP contribution >= 0.6 is 34.5 Å². The highest BCUT2D eigenvalue weighted by molar-refractivity contribution is 7.22. The number of fused-ring (bicyclic) bond motifs is 1. The number of hydrogen-bond acceptors (Lipinski definition) is 3. The second-order valence-electron chi connectivity index (χ2n) is 7.23. The fourth-order valence-electron chi connectivity index (χ4n) is 3.85. The zero-order valence-electron chi connectivity index (χ0n) is 15.1. The molecule has 0 bridgehead atoms. The SMILES string of the molecule is O=C(Nc1nc2ccc(F)cc2s1)C(CC1CCCC1)c1ccc(Cl)c(Cl)c1. The first kappa shape index (κ1) is 19.6. The summed E-state index contributed by atoms with van der Waals surface area (Å²) in [5.74, 6) is -0.245. The lowest BCUT2D eigenvalue weighted by molar-refractivity contribution is -0.118. The maximum absolute atomic E-state index is 13.4. The minimum absolute atomic E-state index is 0.121. The summed E-state index contributed by atoms with van der Waals surface area (Å²) in [5.41, 5.74) is 1.52. The molecule has 1 saturated carbocycles. The van der Waals surface area contributed by atoms with Crippen LogP contribution in [0, 0.1) is 11.7 Å². The maximum atomic E-state index is 13.4. The molecular formula is C21H19Cl2FN2OS. The van der Waals surface area contributed by atoms with E-state index < -0.39 is 0 Å². The zero-order valence-corrected chi connectivity index (χ0v) is 17.4. The van der Waals surface area contributed by atoms with Crippen molar-refractivity contribution in [3.63, 3.8) is 0 Å². The van der Waals surface area contributed by atoms with Gasteiger partial charge in [-0.3, -0.25) is 4.79 Å². The first-order valence-electron chi connectivity index (χ1n) is 9.31. The molecule has 1 aliphatic rings. The summed E-state index contributed by atoms with van der Waals surface area (Å²) >= 11 is 13.5. The number of halogens is 3. The summed E-state index contributed by atoms with van der Waals surface area (Å²) in [6.45, 7) is 0. The van der Waals surface area contributed by atoms with Crippen LogP contribution < -0.4 is 5.32 Å². The van der Waals surface area contributed by atoms with E-state index in [9.17, 15) is 9.18 Å². The van der Waals surface area contributed by atoms with E-state index in [4.69, 9.17) is 23.2 Å². The second-order valence-corrected chi connectivity index (χ2v) is 9.08. The summed E-state index contributed by atoms with van der Waals surface area (Å²) < 4.78 is 14.1. The van der Waals surface area contributed by atoms with Crippen molar-refractivity contribution in [3.05, 3.63) is 57.8 Å². The van der Waals surface area contributed by atoms with E-state index in [2.05, 4.69) is 10.3 Å². The number of nitrogens with one attached hydrogen (secondary N) is 1. The number of nitrogens with zero attached hydrogens (tertiary/aromatic N) is 1. The normalized spacial score (nSPS) is 15.8. The lowest BCUT2D eigenvalue weighted by Gasteiger charge is -2.20. The van der Waals surface area contributed by atoms with Crippen molar-refractivity contribution >= 4 is 55.8 Å². The van der Waals surface area contributed by atoms with E-state index in [0.717, 1.165) is 24.8 Å². The van der Waals surface area contributed by atoms with Gasteiger partial charge in [0.25, 0.3) is 0 Å². The molecule has 1 aliphatic carbocycles. The average molecular weight is 437 g/mol. The van der Waals surface area contributed by atoms with Crippen molar-refractivity contribution in [2.24, 2.45) is 5.92 Å². The van der Waals surface area contributed by atoms with Crippen LogP contribution in [0.4, 0.5) is 9.52 Å². The molecule has 28 heavy (non-hydrogen) atoms. The quantitative estimate of drug-likeness (QED) is 0.465. The summed E-state index contributed by atoms with van der Waals surface area (Å²) in [4.78, 5) is 17.6. The average Bonchev–Trinajstić information content (AvgIpc) is 3.30. The maximum Gasteiger partial charge on any atom is 0.233 e. The Morgan fingerprint density at radius 1 is 1.18 bits per heavy atom. The number of amides is 1. The number of aromatic nitrogens is 1. The van der Waals surface area contributed by atoms with Crippen LogP contribution in [-0.4, -0.2) is 10.9 Å². The molecule has 1 amide bonds. The molecule has 1 N–H and O–H groups in total. The molecule has 0 radical (unpaired) electrons. The van der Waals surface area contributed by atoms with Gasteiger partial charge in [0.05, 0.1) is 26.2 Å². The van der Waals surface area contributed by atoms with Crippen molar-refractivity contribution in [1.82, 2.24) is 4.98 Å². The highest BCUT2D eigenvalue weighted by Gasteiger charge is 2.27. The predicted octanol–water partition coefficient (Wildman–Crippen LogP) is 7.04. The number of anilines is 1. The van der Waals surface area contributed by atoms with E-state index in [1.54, 1.807) is 18.2 Å². The fourth-order valence-corrected chi connectivity index (χ4v) is 5.05. The summed E-state index contributed by atoms with van der Waals surface area (Å²) in [5, 5.41) is 4.32. The van der Waals surface area contributed by atoms with Gasteiger partial charge >= 0.3 is 0 Å². The Morgan fingerprint density at radius 3 is 2.71 bits per heavy atom. The molecular weight excluding hydrogens is 418 g/mol. The molecule has 7 heteroatoms. The Morgan fingerprint density at radius 2 is 1.96 bits per heavy atom. The van der Waals surface area contributed by atoms with E-state index in [1.807, 2.05) is 6.07 Å². The topological polar surface area (TPSA) is 42.0 Å². The van der Waals surface area contributed by atoms with E-state index in [1.165, 1.54) is 36.3 Å². The molecule has 146 valence electrons. The van der Waals surface area contributed by atoms with Crippen LogP contribution in [0.15, 0.2) is 36.4 Å². The third-order valence-electron chi connectivity index (χ3n) is 5.29.